The molecule has 92 valence electrons. The first-order valence-corrected chi connectivity index (χ1v) is 5.92. The zero-order chi connectivity index (χ0) is 12.7. The molecule has 0 saturated carbocycles. The minimum absolute atomic E-state index is 0.198. The van der Waals surface area contributed by atoms with Crippen LogP contribution in [0.15, 0.2) is 24.3 Å². The highest BCUT2D eigenvalue weighted by Crippen LogP contribution is 2.29. The summed E-state index contributed by atoms with van der Waals surface area (Å²) in [5.74, 6) is -0.764. The van der Waals surface area contributed by atoms with Crippen molar-refractivity contribution < 1.29 is 9.59 Å². The van der Waals surface area contributed by atoms with E-state index >= 15 is 0 Å². The number of carbonyl (C=O) groups is 2. The molecule has 1 fully saturated rings. The van der Waals surface area contributed by atoms with Crippen LogP contribution in [0.4, 0.5) is 0 Å². The number of piperidine rings is 1. The van der Waals surface area contributed by atoms with Gasteiger partial charge in [0.25, 0.3) is 0 Å². The molecule has 2 amide bonds. The molecule has 1 aliphatic heterocycles. The van der Waals surface area contributed by atoms with E-state index in [1.807, 2.05) is 31.3 Å². The summed E-state index contributed by atoms with van der Waals surface area (Å²) >= 11 is 0. The number of hydrogen-bond acceptors (Lipinski definition) is 3. The van der Waals surface area contributed by atoms with Gasteiger partial charge in [0.1, 0.15) is 0 Å². The third-order valence-electron chi connectivity index (χ3n) is 3.36. The number of para-hydroxylation sites is 1. The van der Waals surface area contributed by atoms with Gasteiger partial charge in [-0.2, -0.15) is 5.10 Å². The Kier molecular flexibility index (Phi) is 2.40. The Bertz CT molecular complexity index is 645. The number of fused-ring (bicyclic) bond motifs is 1. The summed E-state index contributed by atoms with van der Waals surface area (Å²) in [4.78, 5) is 23.0. The number of rotatable bonds is 1. The average molecular weight is 243 g/mol. The molecule has 0 spiro atoms. The van der Waals surface area contributed by atoms with Gasteiger partial charge in [0.2, 0.25) is 11.8 Å². The number of benzene rings is 1. The maximum absolute atomic E-state index is 11.9. The third kappa shape index (κ3) is 1.59. The smallest absolute Gasteiger partial charge is 0.235 e. The van der Waals surface area contributed by atoms with E-state index in [2.05, 4.69) is 10.4 Å². The Morgan fingerprint density at radius 2 is 2.11 bits per heavy atom. The number of amides is 2. The normalized spacial score (nSPS) is 20.2. The Hall–Kier alpha value is -2.17. The molecule has 3 rings (SSSR count). The van der Waals surface area contributed by atoms with Crippen molar-refractivity contribution in [3.63, 3.8) is 0 Å². The van der Waals surface area contributed by atoms with Crippen molar-refractivity contribution in [3.8, 4) is 0 Å². The van der Waals surface area contributed by atoms with E-state index in [1.165, 1.54) is 0 Å². The lowest BCUT2D eigenvalue weighted by Gasteiger charge is -2.19. The molecule has 0 aliphatic carbocycles. The lowest BCUT2D eigenvalue weighted by Crippen LogP contribution is -2.39. The highest BCUT2D eigenvalue weighted by molar-refractivity contribution is 6.02. The number of nitrogens with one attached hydrogen (secondary N) is 1. The standard InChI is InChI=1S/C13H13N3O2/c1-16-10-5-3-2-4-8(10)12(15-16)9-6-7-11(17)14-13(9)18/h2-5,9H,6-7H2,1H3,(H,14,17,18)/t9-/m1/s1. The van der Waals surface area contributed by atoms with E-state index in [4.69, 9.17) is 0 Å². The highest BCUT2D eigenvalue weighted by atomic mass is 16.2. The minimum Gasteiger partial charge on any atom is -0.296 e. The van der Waals surface area contributed by atoms with E-state index in [9.17, 15) is 9.59 Å². The maximum Gasteiger partial charge on any atom is 0.235 e. The number of aryl methyl sites for hydroxylation is 1. The molecule has 1 aliphatic rings. The summed E-state index contributed by atoms with van der Waals surface area (Å²) in [6.45, 7) is 0. The van der Waals surface area contributed by atoms with Gasteiger partial charge in [-0.3, -0.25) is 19.6 Å². The number of nitrogens with zero attached hydrogens (tertiary/aromatic N) is 2. The van der Waals surface area contributed by atoms with Gasteiger partial charge in [-0.25, -0.2) is 0 Å². The second kappa shape index (κ2) is 3.94. The van der Waals surface area contributed by atoms with Gasteiger partial charge in [0.15, 0.2) is 0 Å². The van der Waals surface area contributed by atoms with Gasteiger partial charge in [-0.05, 0) is 12.5 Å². The first-order chi connectivity index (χ1) is 8.66. The molecule has 0 bridgehead atoms. The Morgan fingerprint density at radius 3 is 2.89 bits per heavy atom. The van der Waals surface area contributed by atoms with Crippen LogP contribution in [-0.2, 0) is 16.6 Å². The van der Waals surface area contributed by atoms with Crippen LogP contribution in [0.1, 0.15) is 24.5 Å². The maximum atomic E-state index is 11.9. The van der Waals surface area contributed by atoms with Crippen molar-refractivity contribution in [2.45, 2.75) is 18.8 Å². The van der Waals surface area contributed by atoms with Crippen LogP contribution < -0.4 is 5.32 Å². The van der Waals surface area contributed by atoms with Crippen LogP contribution in [0.3, 0.4) is 0 Å². The summed E-state index contributed by atoms with van der Waals surface area (Å²) in [6.07, 6.45) is 0.910. The fourth-order valence-corrected chi connectivity index (χ4v) is 2.45. The van der Waals surface area contributed by atoms with Crippen molar-refractivity contribution in [1.82, 2.24) is 15.1 Å². The second-order valence-corrected chi connectivity index (χ2v) is 4.53. The van der Waals surface area contributed by atoms with Crippen LogP contribution in [-0.4, -0.2) is 21.6 Å². The Labute approximate surface area is 104 Å². The molecule has 1 atom stereocenters. The van der Waals surface area contributed by atoms with Crippen LogP contribution in [0.2, 0.25) is 0 Å². The number of imide groups is 1. The number of carbonyl (C=O) groups excluding carboxylic acids is 2. The molecule has 5 nitrogen and oxygen atoms in total. The SMILES string of the molecule is Cn1nc([C@H]2CCC(=O)NC2=O)c2ccccc21. The Balaban J connectivity index is 2.09. The largest absolute Gasteiger partial charge is 0.296 e. The molecule has 0 unspecified atom stereocenters. The lowest BCUT2D eigenvalue weighted by molar-refractivity contribution is -0.134. The lowest BCUT2D eigenvalue weighted by atomic mass is 9.93. The average Bonchev–Trinajstić information content (AvgIpc) is 2.68. The minimum atomic E-state index is -0.325. The molecule has 2 aromatic rings. The van der Waals surface area contributed by atoms with Gasteiger partial charge in [0.05, 0.1) is 17.1 Å². The molecule has 1 N–H and O–H groups in total. The van der Waals surface area contributed by atoms with E-state index < -0.39 is 0 Å². The number of aromatic nitrogens is 2. The fraction of sp³-hybridized carbons (Fsp3) is 0.308. The zero-order valence-corrected chi connectivity index (χ0v) is 10.0. The number of hydrogen-bond donors (Lipinski definition) is 1. The molecular weight excluding hydrogens is 230 g/mol. The molecule has 5 heteroatoms. The first-order valence-electron chi connectivity index (χ1n) is 5.92. The van der Waals surface area contributed by atoms with Gasteiger partial charge >= 0.3 is 0 Å². The first kappa shape index (κ1) is 11.0. The van der Waals surface area contributed by atoms with Gasteiger partial charge in [-0.15, -0.1) is 0 Å². The van der Waals surface area contributed by atoms with Crippen molar-refractivity contribution >= 4 is 22.7 Å². The molecule has 1 aromatic heterocycles. The van der Waals surface area contributed by atoms with Crippen molar-refractivity contribution in [2.24, 2.45) is 7.05 Å². The molecular formula is C13H13N3O2. The van der Waals surface area contributed by atoms with Crippen LogP contribution in [0, 0.1) is 0 Å². The van der Waals surface area contributed by atoms with Crippen LogP contribution >= 0.6 is 0 Å². The van der Waals surface area contributed by atoms with Gasteiger partial charge < -0.3 is 0 Å². The molecule has 2 heterocycles. The highest BCUT2D eigenvalue weighted by Gasteiger charge is 2.31. The van der Waals surface area contributed by atoms with E-state index in [0.717, 1.165) is 16.6 Å². The molecule has 18 heavy (non-hydrogen) atoms. The summed E-state index contributed by atoms with van der Waals surface area (Å²) in [5, 5.41) is 7.79. The molecule has 0 radical (unpaired) electrons. The predicted molar refractivity (Wildman–Crippen MR) is 65.8 cm³/mol. The molecule has 1 aromatic carbocycles. The monoisotopic (exact) mass is 243 g/mol. The van der Waals surface area contributed by atoms with Crippen molar-refractivity contribution in [3.05, 3.63) is 30.0 Å². The third-order valence-corrected chi connectivity index (χ3v) is 3.36. The quantitative estimate of drug-likeness (QED) is 0.763. The van der Waals surface area contributed by atoms with Crippen LogP contribution in [0.5, 0.6) is 0 Å². The summed E-state index contributed by atoms with van der Waals surface area (Å²) in [5.41, 5.74) is 1.76. The van der Waals surface area contributed by atoms with Gasteiger partial charge in [-0.1, -0.05) is 18.2 Å². The van der Waals surface area contributed by atoms with E-state index in [0.29, 0.717) is 12.8 Å². The van der Waals surface area contributed by atoms with Crippen molar-refractivity contribution in [1.29, 1.82) is 0 Å². The Morgan fingerprint density at radius 1 is 1.33 bits per heavy atom. The van der Waals surface area contributed by atoms with E-state index in [-0.39, 0.29) is 17.7 Å². The van der Waals surface area contributed by atoms with Crippen LogP contribution in [0.25, 0.3) is 10.9 Å². The summed E-state index contributed by atoms with van der Waals surface area (Å²) in [6, 6.07) is 7.80. The predicted octanol–water partition coefficient (Wildman–Crippen LogP) is 1.09. The fourth-order valence-electron chi connectivity index (χ4n) is 2.45. The topological polar surface area (TPSA) is 64.0 Å². The van der Waals surface area contributed by atoms with Gasteiger partial charge in [0, 0.05) is 18.9 Å². The molecule has 1 saturated heterocycles. The second-order valence-electron chi connectivity index (χ2n) is 4.53. The van der Waals surface area contributed by atoms with Crippen molar-refractivity contribution in [2.75, 3.05) is 0 Å². The summed E-state index contributed by atoms with van der Waals surface area (Å²) < 4.78 is 1.77. The van der Waals surface area contributed by atoms with E-state index in [1.54, 1.807) is 4.68 Å². The summed E-state index contributed by atoms with van der Waals surface area (Å²) in [7, 11) is 1.86. The zero-order valence-electron chi connectivity index (χ0n) is 10.0.